The van der Waals surface area contributed by atoms with Gasteiger partial charge in [-0.3, -0.25) is 0 Å². The molecular formula is C11H16N6O. The molecular weight excluding hydrogens is 232 g/mol. The van der Waals surface area contributed by atoms with E-state index in [0.29, 0.717) is 23.5 Å². The fourth-order valence-corrected chi connectivity index (χ4v) is 1.99. The van der Waals surface area contributed by atoms with Crippen LogP contribution < -0.4 is 5.32 Å². The van der Waals surface area contributed by atoms with E-state index < -0.39 is 0 Å². The van der Waals surface area contributed by atoms with E-state index in [-0.39, 0.29) is 5.92 Å². The number of hydrogen-bond donors (Lipinski definition) is 1. The lowest BCUT2D eigenvalue weighted by atomic mass is 10.2. The molecule has 1 aliphatic rings. The summed E-state index contributed by atoms with van der Waals surface area (Å²) in [6.07, 6.45) is 2.94. The van der Waals surface area contributed by atoms with Crippen molar-refractivity contribution in [1.29, 1.82) is 0 Å². The molecule has 1 aliphatic heterocycles. The predicted molar refractivity (Wildman–Crippen MR) is 63.9 cm³/mol. The third-order valence-electron chi connectivity index (χ3n) is 3.10. The van der Waals surface area contributed by atoms with Crippen LogP contribution in [0, 0.1) is 0 Å². The molecule has 2 aromatic rings. The maximum Gasteiger partial charge on any atom is 0.280 e. The van der Waals surface area contributed by atoms with Crippen LogP contribution in [0.1, 0.15) is 38.1 Å². The zero-order valence-corrected chi connectivity index (χ0v) is 10.5. The molecule has 0 aromatic carbocycles. The summed E-state index contributed by atoms with van der Waals surface area (Å²) < 4.78 is 7.07. The van der Waals surface area contributed by atoms with Gasteiger partial charge >= 0.3 is 0 Å². The van der Waals surface area contributed by atoms with Crippen LogP contribution in [-0.4, -0.2) is 38.2 Å². The van der Waals surface area contributed by atoms with Gasteiger partial charge in [-0.05, 0) is 13.0 Å². The van der Waals surface area contributed by atoms with Crippen molar-refractivity contribution < 1.29 is 4.52 Å². The first-order valence-electron chi connectivity index (χ1n) is 6.20. The second-order valence-electron chi connectivity index (χ2n) is 4.84. The Morgan fingerprint density at radius 2 is 2.39 bits per heavy atom. The van der Waals surface area contributed by atoms with E-state index in [2.05, 4.69) is 25.8 Å². The molecule has 3 rings (SSSR count). The molecule has 0 spiro atoms. The molecule has 0 saturated carbocycles. The summed E-state index contributed by atoms with van der Waals surface area (Å²) >= 11 is 0. The highest BCUT2D eigenvalue weighted by atomic mass is 16.5. The van der Waals surface area contributed by atoms with E-state index in [1.165, 1.54) is 0 Å². The first kappa shape index (κ1) is 11.3. The third-order valence-corrected chi connectivity index (χ3v) is 3.10. The van der Waals surface area contributed by atoms with Crippen LogP contribution in [0.2, 0.25) is 0 Å². The van der Waals surface area contributed by atoms with Crippen molar-refractivity contribution in [2.45, 2.75) is 32.2 Å². The minimum atomic E-state index is 0.247. The van der Waals surface area contributed by atoms with Gasteiger partial charge in [0.2, 0.25) is 0 Å². The summed E-state index contributed by atoms with van der Waals surface area (Å²) in [5, 5.41) is 15.4. The number of aromatic nitrogens is 5. The van der Waals surface area contributed by atoms with Crippen molar-refractivity contribution in [2.24, 2.45) is 0 Å². The van der Waals surface area contributed by atoms with Gasteiger partial charge in [0, 0.05) is 12.5 Å². The zero-order valence-electron chi connectivity index (χ0n) is 10.5. The summed E-state index contributed by atoms with van der Waals surface area (Å²) in [6, 6.07) is 0.374. The van der Waals surface area contributed by atoms with Gasteiger partial charge < -0.3 is 9.84 Å². The third kappa shape index (κ3) is 2.01. The van der Waals surface area contributed by atoms with Crippen molar-refractivity contribution in [2.75, 3.05) is 13.1 Å². The lowest BCUT2D eigenvalue weighted by Gasteiger charge is -2.05. The highest BCUT2D eigenvalue weighted by Crippen LogP contribution is 2.20. The maximum atomic E-state index is 5.20. The highest BCUT2D eigenvalue weighted by Gasteiger charge is 2.20. The Morgan fingerprint density at radius 3 is 3.06 bits per heavy atom. The molecule has 1 unspecified atom stereocenters. The minimum absolute atomic E-state index is 0.247. The Hall–Kier alpha value is -1.76. The second kappa shape index (κ2) is 4.49. The topological polar surface area (TPSA) is 81.7 Å². The quantitative estimate of drug-likeness (QED) is 0.872. The molecule has 0 bridgehead atoms. The molecule has 7 nitrogen and oxygen atoms in total. The van der Waals surface area contributed by atoms with Crippen LogP contribution in [0.15, 0.2) is 10.7 Å². The lowest BCUT2D eigenvalue weighted by Crippen LogP contribution is -2.13. The molecule has 0 amide bonds. The van der Waals surface area contributed by atoms with Crippen molar-refractivity contribution in [1.82, 2.24) is 30.5 Å². The Kier molecular flexibility index (Phi) is 2.83. The minimum Gasteiger partial charge on any atom is -0.332 e. The average molecular weight is 248 g/mol. The fraction of sp³-hybridized carbons (Fsp3) is 0.636. The van der Waals surface area contributed by atoms with E-state index in [4.69, 9.17) is 4.52 Å². The molecule has 1 fully saturated rings. The first-order chi connectivity index (χ1) is 8.74. The van der Waals surface area contributed by atoms with Crippen LogP contribution in [-0.2, 0) is 0 Å². The van der Waals surface area contributed by atoms with Crippen LogP contribution in [0.4, 0.5) is 0 Å². The molecule has 18 heavy (non-hydrogen) atoms. The Bertz CT molecular complexity index is 525. The smallest absolute Gasteiger partial charge is 0.280 e. The van der Waals surface area contributed by atoms with Gasteiger partial charge in [0.1, 0.15) is 0 Å². The second-order valence-corrected chi connectivity index (χ2v) is 4.84. The molecule has 0 radical (unpaired) electrons. The summed E-state index contributed by atoms with van der Waals surface area (Å²) in [5.74, 6) is 1.38. The lowest BCUT2D eigenvalue weighted by molar-refractivity contribution is 0.418. The van der Waals surface area contributed by atoms with Crippen molar-refractivity contribution in [3.63, 3.8) is 0 Å². The van der Waals surface area contributed by atoms with E-state index in [1.54, 1.807) is 0 Å². The molecule has 7 heteroatoms. The standard InChI is InChI=1S/C11H16N6O/c1-7(2)10-13-11(18-15-10)9-6-17(16-14-9)8-3-4-12-5-8/h6-8,12H,3-5H2,1-2H3. The molecule has 3 heterocycles. The number of nitrogens with zero attached hydrogens (tertiary/aromatic N) is 5. The number of hydrogen-bond acceptors (Lipinski definition) is 6. The van der Waals surface area contributed by atoms with Crippen LogP contribution in [0.25, 0.3) is 11.6 Å². The first-order valence-corrected chi connectivity index (χ1v) is 6.20. The Balaban J connectivity index is 1.83. The summed E-state index contributed by atoms with van der Waals surface area (Å²) in [6.45, 7) is 6.01. The van der Waals surface area contributed by atoms with Gasteiger partial charge in [-0.2, -0.15) is 4.98 Å². The maximum absolute atomic E-state index is 5.20. The molecule has 96 valence electrons. The van der Waals surface area contributed by atoms with Crippen molar-refractivity contribution in [3.05, 3.63) is 12.0 Å². The average Bonchev–Trinajstić information content (AvgIpc) is 3.10. The summed E-state index contributed by atoms with van der Waals surface area (Å²) in [5.41, 5.74) is 0.640. The highest BCUT2D eigenvalue weighted by molar-refractivity contribution is 5.43. The molecule has 1 saturated heterocycles. The Morgan fingerprint density at radius 1 is 1.50 bits per heavy atom. The van der Waals surface area contributed by atoms with Gasteiger partial charge in [-0.1, -0.05) is 24.2 Å². The monoisotopic (exact) mass is 248 g/mol. The van der Waals surface area contributed by atoms with Crippen molar-refractivity contribution in [3.8, 4) is 11.6 Å². The van der Waals surface area contributed by atoms with Crippen LogP contribution >= 0.6 is 0 Å². The van der Waals surface area contributed by atoms with E-state index >= 15 is 0 Å². The zero-order chi connectivity index (χ0) is 12.5. The molecule has 1 atom stereocenters. The summed E-state index contributed by atoms with van der Waals surface area (Å²) in [7, 11) is 0. The van der Waals surface area contributed by atoms with Gasteiger partial charge in [0.15, 0.2) is 11.5 Å². The van der Waals surface area contributed by atoms with Gasteiger partial charge in [0.25, 0.3) is 5.89 Å². The predicted octanol–water partition coefficient (Wildman–Crippen LogP) is 0.986. The van der Waals surface area contributed by atoms with Crippen LogP contribution in [0.5, 0.6) is 0 Å². The van der Waals surface area contributed by atoms with Crippen LogP contribution in [0.3, 0.4) is 0 Å². The fourth-order valence-electron chi connectivity index (χ4n) is 1.99. The molecule has 2 aromatic heterocycles. The van der Waals surface area contributed by atoms with Gasteiger partial charge in [-0.25, -0.2) is 4.68 Å². The van der Waals surface area contributed by atoms with Gasteiger partial charge in [-0.15, -0.1) is 5.10 Å². The molecule has 0 aliphatic carbocycles. The van der Waals surface area contributed by atoms with Gasteiger partial charge in [0.05, 0.1) is 12.2 Å². The normalized spacial score (nSPS) is 19.8. The summed E-state index contributed by atoms with van der Waals surface area (Å²) in [4.78, 5) is 4.31. The number of rotatable bonds is 3. The Labute approximate surface area is 105 Å². The van der Waals surface area contributed by atoms with E-state index in [0.717, 1.165) is 19.5 Å². The number of nitrogens with one attached hydrogen (secondary N) is 1. The molecule has 1 N–H and O–H groups in total. The largest absolute Gasteiger partial charge is 0.332 e. The SMILES string of the molecule is CC(C)c1noc(-c2cn(C3CCNC3)nn2)n1. The van der Waals surface area contributed by atoms with E-state index in [1.807, 2.05) is 24.7 Å². The van der Waals surface area contributed by atoms with E-state index in [9.17, 15) is 0 Å². The van der Waals surface area contributed by atoms with Crippen molar-refractivity contribution >= 4 is 0 Å².